The Bertz CT molecular complexity index is 805. The maximum atomic E-state index is 12.4. The van der Waals surface area contributed by atoms with Gasteiger partial charge in [-0.25, -0.2) is 0 Å². The van der Waals surface area contributed by atoms with Crippen molar-refractivity contribution < 1.29 is 19.1 Å². The summed E-state index contributed by atoms with van der Waals surface area (Å²) in [7, 11) is 1.63. The molecule has 1 aliphatic heterocycles. The van der Waals surface area contributed by atoms with Crippen LogP contribution in [0.4, 0.5) is 0 Å². The number of ether oxygens (including phenoxy) is 2. The third-order valence-corrected chi connectivity index (χ3v) is 5.69. The first kappa shape index (κ1) is 20.4. The number of hydrogen-bond donors (Lipinski definition) is 1. The molecule has 2 aromatic rings. The van der Waals surface area contributed by atoms with Gasteiger partial charge in [-0.3, -0.25) is 9.59 Å². The molecule has 0 aliphatic carbocycles. The molecule has 7 heteroatoms. The quantitative estimate of drug-likeness (QED) is 0.655. The van der Waals surface area contributed by atoms with Gasteiger partial charge < -0.3 is 19.7 Å². The summed E-state index contributed by atoms with van der Waals surface area (Å²) in [5.41, 5.74) is 2.19. The predicted octanol–water partition coefficient (Wildman–Crippen LogP) is 2.75. The zero-order chi connectivity index (χ0) is 19.8. The van der Waals surface area contributed by atoms with Gasteiger partial charge in [0.1, 0.15) is 12.4 Å². The second kappa shape index (κ2) is 10.2. The second-order valence-corrected chi connectivity index (χ2v) is 7.70. The predicted molar refractivity (Wildman–Crippen MR) is 108 cm³/mol. The summed E-state index contributed by atoms with van der Waals surface area (Å²) in [4.78, 5) is 27.8. The standard InChI is InChI=1S/C21H26N2O4S/c1-26-10-11-27-18-4-2-3-16(13-18)14-22-20(24)5-6-21(25)23-9-7-19-17(15-23)8-12-28-19/h2-4,8,12-13H,5-7,9-11,14-15H2,1H3,(H,22,24). The van der Waals surface area contributed by atoms with Gasteiger partial charge in [0.05, 0.1) is 6.61 Å². The molecule has 3 rings (SSSR count). The normalized spacial score (nSPS) is 13.1. The molecular formula is C21H26N2O4S. The second-order valence-electron chi connectivity index (χ2n) is 6.70. The number of methoxy groups -OCH3 is 1. The molecule has 28 heavy (non-hydrogen) atoms. The Morgan fingerprint density at radius 1 is 1.21 bits per heavy atom. The summed E-state index contributed by atoms with van der Waals surface area (Å²) in [6, 6.07) is 9.67. The highest BCUT2D eigenvalue weighted by Gasteiger charge is 2.21. The van der Waals surface area contributed by atoms with Crippen LogP contribution in [0.2, 0.25) is 0 Å². The minimum absolute atomic E-state index is 0.0422. The SMILES string of the molecule is COCCOc1cccc(CNC(=O)CCC(=O)N2CCc3sccc3C2)c1. The van der Waals surface area contributed by atoms with Crippen LogP contribution in [0.15, 0.2) is 35.7 Å². The molecule has 1 aromatic carbocycles. The van der Waals surface area contributed by atoms with E-state index in [1.54, 1.807) is 18.4 Å². The van der Waals surface area contributed by atoms with E-state index in [0.717, 1.165) is 24.3 Å². The third kappa shape index (κ3) is 5.81. The third-order valence-electron chi connectivity index (χ3n) is 4.67. The van der Waals surface area contributed by atoms with Crippen LogP contribution in [0.25, 0.3) is 0 Å². The summed E-state index contributed by atoms with van der Waals surface area (Å²) in [6.45, 7) is 2.83. The van der Waals surface area contributed by atoms with E-state index in [4.69, 9.17) is 9.47 Å². The Balaban J connectivity index is 1.39. The number of hydrogen-bond acceptors (Lipinski definition) is 5. The maximum Gasteiger partial charge on any atom is 0.223 e. The highest BCUT2D eigenvalue weighted by Crippen LogP contribution is 2.24. The number of amides is 2. The van der Waals surface area contributed by atoms with Gasteiger partial charge in [-0.15, -0.1) is 11.3 Å². The Kier molecular flexibility index (Phi) is 7.45. The first-order valence-corrected chi connectivity index (χ1v) is 10.3. The Morgan fingerprint density at radius 3 is 2.96 bits per heavy atom. The first-order valence-electron chi connectivity index (χ1n) is 9.46. The Morgan fingerprint density at radius 2 is 2.11 bits per heavy atom. The number of fused-ring (bicyclic) bond motifs is 1. The van der Waals surface area contributed by atoms with E-state index in [2.05, 4.69) is 16.8 Å². The topological polar surface area (TPSA) is 67.9 Å². The molecule has 0 saturated heterocycles. The van der Waals surface area contributed by atoms with Crippen LogP contribution in [0.1, 0.15) is 28.8 Å². The van der Waals surface area contributed by atoms with Gasteiger partial charge in [0.15, 0.2) is 0 Å². The number of thiophene rings is 1. The largest absolute Gasteiger partial charge is 0.491 e. The Labute approximate surface area is 169 Å². The van der Waals surface area contributed by atoms with Crippen molar-refractivity contribution in [3.63, 3.8) is 0 Å². The summed E-state index contributed by atoms with van der Waals surface area (Å²) < 4.78 is 10.5. The lowest BCUT2D eigenvalue weighted by Gasteiger charge is -2.27. The summed E-state index contributed by atoms with van der Waals surface area (Å²) in [5, 5.41) is 4.95. The fourth-order valence-corrected chi connectivity index (χ4v) is 4.01. The van der Waals surface area contributed by atoms with Crippen molar-refractivity contribution in [2.45, 2.75) is 32.4 Å². The monoisotopic (exact) mass is 402 g/mol. The van der Waals surface area contributed by atoms with Crippen LogP contribution >= 0.6 is 11.3 Å². The van der Waals surface area contributed by atoms with E-state index < -0.39 is 0 Å². The van der Waals surface area contributed by atoms with Crippen molar-refractivity contribution in [1.29, 1.82) is 0 Å². The highest BCUT2D eigenvalue weighted by atomic mass is 32.1. The van der Waals surface area contributed by atoms with Gasteiger partial charge in [0.25, 0.3) is 0 Å². The smallest absolute Gasteiger partial charge is 0.223 e. The molecule has 1 N–H and O–H groups in total. The number of rotatable bonds is 9. The molecule has 0 spiro atoms. The fraction of sp³-hybridized carbons (Fsp3) is 0.429. The van der Waals surface area contributed by atoms with Crippen LogP contribution in [-0.4, -0.2) is 43.6 Å². The van der Waals surface area contributed by atoms with Crippen molar-refractivity contribution in [1.82, 2.24) is 10.2 Å². The number of nitrogens with one attached hydrogen (secondary N) is 1. The zero-order valence-electron chi connectivity index (χ0n) is 16.1. The molecule has 2 heterocycles. The van der Waals surface area contributed by atoms with Crippen molar-refractivity contribution in [2.24, 2.45) is 0 Å². The van der Waals surface area contributed by atoms with Crippen LogP contribution in [0.5, 0.6) is 5.75 Å². The van der Waals surface area contributed by atoms with Gasteiger partial charge in [-0.2, -0.15) is 0 Å². The summed E-state index contributed by atoms with van der Waals surface area (Å²) in [6.07, 6.45) is 1.36. The molecule has 0 atom stereocenters. The molecule has 6 nitrogen and oxygen atoms in total. The van der Waals surface area contributed by atoms with Crippen LogP contribution in [0, 0.1) is 0 Å². The molecule has 1 aliphatic rings. The number of carbonyl (C=O) groups is 2. The Hall–Kier alpha value is -2.38. The molecule has 0 bridgehead atoms. The zero-order valence-corrected chi connectivity index (χ0v) is 16.9. The average Bonchev–Trinajstić information content (AvgIpc) is 3.19. The minimum atomic E-state index is -0.118. The van der Waals surface area contributed by atoms with Gasteiger partial charge in [0, 0.05) is 44.5 Å². The maximum absolute atomic E-state index is 12.4. The van der Waals surface area contributed by atoms with Crippen LogP contribution < -0.4 is 10.1 Å². The van der Waals surface area contributed by atoms with Crippen molar-refractivity contribution in [3.8, 4) is 5.75 Å². The molecular weight excluding hydrogens is 376 g/mol. The lowest BCUT2D eigenvalue weighted by Crippen LogP contribution is -2.36. The molecule has 0 saturated carbocycles. The van der Waals surface area contributed by atoms with Crippen molar-refractivity contribution in [3.05, 3.63) is 51.7 Å². The average molecular weight is 403 g/mol. The number of benzene rings is 1. The number of nitrogens with zero attached hydrogens (tertiary/aromatic N) is 1. The summed E-state index contributed by atoms with van der Waals surface area (Å²) in [5.74, 6) is 0.671. The van der Waals surface area contributed by atoms with Gasteiger partial charge >= 0.3 is 0 Å². The molecule has 2 amide bonds. The lowest BCUT2D eigenvalue weighted by atomic mass is 10.1. The van der Waals surface area contributed by atoms with Crippen LogP contribution in [0.3, 0.4) is 0 Å². The first-order chi connectivity index (χ1) is 13.7. The molecule has 0 unspecified atom stereocenters. The van der Waals surface area contributed by atoms with E-state index in [1.165, 1.54) is 10.4 Å². The molecule has 1 aromatic heterocycles. The summed E-state index contributed by atoms with van der Waals surface area (Å²) >= 11 is 1.75. The van der Waals surface area contributed by atoms with E-state index in [9.17, 15) is 9.59 Å². The number of carbonyl (C=O) groups excluding carboxylic acids is 2. The van der Waals surface area contributed by atoms with Crippen molar-refractivity contribution >= 4 is 23.2 Å². The van der Waals surface area contributed by atoms with Gasteiger partial charge in [0.2, 0.25) is 11.8 Å². The highest BCUT2D eigenvalue weighted by molar-refractivity contribution is 7.10. The lowest BCUT2D eigenvalue weighted by molar-refractivity contribution is -0.134. The van der Waals surface area contributed by atoms with E-state index in [-0.39, 0.29) is 24.7 Å². The molecule has 0 radical (unpaired) electrons. The van der Waals surface area contributed by atoms with E-state index in [0.29, 0.717) is 26.3 Å². The van der Waals surface area contributed by atoms with Crippen LogP contribution in [-0.2, 0) is 33.8 Å². The van der Waals surface area contributed by atoms with Gasteiger partial charge in [-0.05, 0) is 41.1 Å². The van der Waals surface area contributed by atoms with E-state index in [1.807, 2.05) is 29.2 Å². The van der Waals surface area contributed by atoms with Crippen molar-refractivity contribution in [2.75, 3.05) is 26.9 Å². The minimum Gasteiger partial charge on any atom is -0.491 e. The van der Waals surface area contributed by atoms with E-state index >= 15 is 0 Å². The molecule has 0 fully saturated rings. The fourth-order valence-electron chi connectivity index (χ4n) is 3.12. The van der Waals surface area contributed by atoms with Gasteiger partial charge in [-0.1, -0.05) is 12.1 Å². The molecule has 150 valence electrons.